The first-order chi connectivity index (χ1) is 17.0. The molecule has 3 N–H and O–H groups in total. The van der Waals surface area contributed by atoms with Crippen LogP contribution in [0, 0.1) is 11.8 Å². The number of carboxylic acid groups (broad SMARTS) is 1. The van der Waals surface area contributed by atoms with E-state index in [1.54, 1.807) is 6.92 Å². The predicted molar refractivity (Wildman–Crippen MR) is 133 cm³/mol. The molecule has 0 spiro atoms. The van der Waals surface area contributed by atoms with Crippen LogP contribution in [0.2, 0.25) is 0 Å². The Morgan fingerprint density at radius 1 is 1.00 bits per heavy atom. The molecular weight excluding hydrogens is 444 g/mol. The number of benzene rings is 2. The summed E-state index contributed by atoms with van der Waals surface area (Å²) in [7, 11) is 0. The lowest BCUT2D eigenvalue weighted by Gasteiger charge is -2.25. The predicted octanol–water partition coefficient (Wildman–Crippen LogP) is 4.70. The Balaban J connectivity index is 1.36. The van der Waals surface area contributed by atoms with E-state index in [4.69, 9.17) is 4.74 Å². The zero-order valence-electron chi connectivity index (χ0n) is 20.2. The summed E-state index contributed by atoms with van der Waals surface area (Å²) in [5, 5.41) is 14.9. The number of ether oxygens (including phenoxy) is 1. The fourth-order valence-corrected chi connectivity index (χ4v) is 5.40. The molecule has 2 aliphatic carbocycles. The lowest BCUT2D eigenvalue weighted by molar-refractivity contribution is -0.141. The number of rotatable bonds is 10. The summed E-state index contributed by atoms with van der Waals surface area (Å²) in [6, 6.07) is 16.0. The molecule has 0 saturated heterocycles. The van der Waals surface area contributed by atoms with E-state index in [0.29, 0.717) is 6.42 Å². The fourth-order valence-electron chi connectivity index (χ4n) is 5.40. The van der Waals surface area contributed by atoms with Gasteiger partial charge in [0.1, 0.15) is 6.61 Å². The van der Waals surface area contributed by atoms with Crippen molar-refractivity contribution in [2.45, 2.75) is 57.4 Å². The molecule has 0 aromatic heterocycles. The average molecular weight is 479 g/mol. The largest absolute Gasteiger partial charge is 0.481 e. The maximum absolute atomic E-state index is 12.8. The Morgan fingerprint density at radius 3 is 2.17 bits per heavy atom. The summed E-state index contributed by atoms with van der Waals surface area (Å²) in [6.45, 7) is 2.10. The van der Waals surface area contributed by atoms with E-state index in [2.05, 4.69) is 34.9 Å². The van der Waals surface area contributed by atoms with Gasteiger partial charge >= 0.3 is 12.1 Å². The summed E-state index contributed by atoms with van der Waals surface area (Å²) in [5.41, 5.74) is 4.64. The molecule has 1 saturated carbocycles. The molecule has 35 heavy (non-hydrogen) atoms. The first-order valence-corrected chi connectivity index (χ1v) is 12.6. The van der Waals surface area contributed by atoms with Crippen LogP contribution in [0.5, 0.6) is 0 Å². The number of carboxylic acids is 1. The first-order valence-electron chi connectivity index (χ1n) is 12.6. The molecule has 186 valence electrons. The summed E-state index contributed by atoms with van der Waals surface area (Å²) >= 11 is 0. The van der Waals surface area contributed by atoms with Crippen LogP contribution < -0.4 is 10.6 Å². The van der Waals surface area contributed by atoms with Crippen LogP contribution in [0.3, 0.4) is 0 Å². The third kappa shape index (κ3) is 5.84. The summed E-state index contributed by atoms with van der Waals surface area (Å²) in [4.78, 5) is 36.6. The van der Waals surface area contributed by atoms with Crippen molar-refractivity contribution < 1.29 is 24.2 Å². The van der Waals surface area contributed by atoms with Crippen molar-refractivity contribution in [3.05, 3.63) is 59.7 Å². The van der Waals surface area contributed by atoms with E-state index in [-0.39, 0.29) is 43.4 Å². The van der Waals surface area contributed by atoms with Gasteiger partial charge in [0.05, 0.1) is 5.92 Å². The molecule has 0 heterocycles. The van der Waals surface area contributed by atoms with E-state index in [1.165, 1.54) is 11.1 Å². The van der Waals surface area contributed by atoms with Gasteiger partial charge in [-0.1, -0.05) is 68.3 Å². The molecule has 0 aliphatic heterocycles. The molecule has 2 aliphatic rings. The van der Waals surface area contributed by atoms with Crippen molar-refractivity contribution in [2.75, 3.05) is 13.2 Å². The van der Waals surface area contributed by atoms with Crippen LogP contribution in [0.15, 0.2) is 48.5 Å². The molecule has 2 unspecified atom stereocenters. The average Bonchev–Trinajstić information content (AvgIpc) is 3.49. The quantitative estimate of drug-likeness (QED) is 0.459. The van der Waals surface area contributed by atoms with Gasteiger partial charge in [-0.2, -0.15) is 0 Å². The molecule has 1 fully saturated rings. The topological polar surface area (TPSA) is 105 Å². The zero-order valence-corrected chi connectivity index (χ0v) is 20.2. The normalized spacial score (nSPS) is 16.7. The minimum atomic E-state index is -0.920. The second-order valence-electron chi connectivity index (χ2n) is 9.57. The van der Waals surface area contributed by atoms with E-state index in [9.17, 15) is 19.5 Å². The Bertz CT molecular complexity index is 1020. The molecule has 7 heteroatoms. The number of nitrogens with one attached hydrogen (secondary N) is 2. The summed E-state index contributed by atoms with van der Waals surface area (Å²) in [6.07, 6.45) is 4.10. The lowest BCUT2D eigenvalue weighted by atomic mass is 9.95. The number of carbonyl (C=O) groups is 3. The number of aliphatic carboxylic acids is 1. The third-order valence-electron chi connectivity index (χ3n) is 7.41. The van der Waals surface area contributed by atoms with E-state index >= 15 is 0 Å². The monoisotopic (exact) mass is 478 g/mol. The van der Waals surface area contributed by atoms with Crippen LogP contribution in [-0.2, 0) is 14.3 Å². The fraction of sp³-hybridized carbons (Fsp3) is 0.464. The Labute approximate surface area is 206 Å². The van der Waals surface area contributed by atoms with Crippen LogP contribution in [-0.4, -0.2) is 42.3 Å². The van der Waals surface area contributed by atoms with E-state index in [1.807, 2.05) is 24.3 Å². The third-order valence-corrected chi connectivity index (χ3v) is 7.41. The number of hydrogen-bond acceptors (Lipinski definition) is 4. The Morgan fingerprint density at radius 2 is 1.60 bits per heavy atom. The lowest BCUT2D eigenvalue weighted by Crippen LogP contribution is -2.44. The molecule has 4 rings (SSSR count). The van der Waals surface area contributed by atoms with Crippen molar-refractivity contribution in [2.24, 2.45) is 11.8 Å². The van der Waals surface area contributed by atoms with Gasteiger partial charge < -0.3 is 20.5 Å². The van der Waals surface area contributed by atoms with Crippen LogP contribution >= 0.6 is 0 Å². The summed E-state index contributed by atoms with van der Waals surface area (Å²) < 4.78 is 5.70. The van der Waals surface area contributed by atoms with E-state index in [0.717, 1.165) is 36.8 Å². The van der Waals surface area contributed by atoms with Gasteiger partial charge in [-0.15, -0.1) is 0 Å². The van der Waals surface area contributed by atoms with Crippen LogP contribution in [0.25, 0.3) is 11.1 Å². The Hall–Kier alpha value is -3.35. The minimum Gasteiger partial charge on any atom is -0.481 e. The molecule has 0 bridgehead atoms. The van der Waals surface area contributed by atoms with Crippen molar-refractivity contribution in [3.63, 3.8) is 0 Å². The van der Waals surface area contributed by atoms with Gasteiger partial charge in [-0.25, -0.2) is 4.79 Å². The van der Waals surface area contributed by atoms with Gasteiger partial charge in [-0.3, -0.25) is 9.59 Å². The molecule has 2 aromatic rings. The maximum Gasteiger partial charge on any atom is 0.407 e. The van der Waals surface area contributed by atoms with Crippen molar-refractivity contribution in [1.29, 1.82) is 0 Å². The molecule has 2 amide bonds. The van der Waals surface area contributed by atoms with Gasteiger partial charge in [-0.05, 0) is 47.4 Å². The number of hydrogen-bond donors (Lipinski definition) is 3. The van der Waals surface area contributed by atoms with E-state index < -0.39 is 18.0 Å². The molecule has 7 nitrogen and oxygen atoms in total. The summed E-state index contributed by atoms with van der Waals surface area (Å²) in [5.74, 6) is -1.59. The highest BCUT2D eigenvalue weighted by Gasteiger charge is 2.31. The molecule has 2 aromatic carbocycles. The van der Waals surface area contributed by atoms with Crippen LogP contribution in [0.1, 0.15) is 62.5 Å². The Kier molecular flexibility index (Phi) is 8.06. The second kappa shape index (κ2) is 11.4. The number of amides is 2. The standard InChI is InChI=1S/C28H34N2O5/c1-2-18(27(32)33)16-29-26(31)15-25(19-9-3-4-10-19)30-28(34)35-17-24-22-13-7-5-11-20(22)21-12-6-8-14-23(21)24/h5-8,11-14,18-19,24-25H,2-4,9-10,15-17H2,1H3,(H,29,31)(H,30,34)(H,32,33). The molecule has 0 radical (unpaired) electrons. The van der Waals surface area contributed by atoms with Crippen molar-refractivity contribution in [3.8, 4) is 11.1 Å². The van der Waals surface area contributed by atoms with Crippen LogP contribution in [0.4, 0.5) is 4.79 Å². The van der Waals surface area contributed by atoms with Crippen molar-refractivity contribution >= 4 is 18.0 Å². The molecular formula is C28H34N2O5. The highest BCUT2D eigenvalue weighted by molar-refractivity contribution is 5.80. The van der Waals surface area contributed by atoms with Gasteiger partial charge in [0.15, 0.2) is 0 Å². The number of fused-ring (bicyclic) bond motifs is 3. The smallest absolute Gasteiger partial charge is 0.407 e. The first kappa shape index (κ1) is 24.8. The van der Waals surface area contributed by atoms with Gasteiger partial charge in [0, 0.05) is 24.9 Å². The minimum absolute atomic E-state index is 0.0247. The van der Waals surface area contributed by atoms with Crippen molar-refractivity contribution in [1.82, 2.24) is 10.6 Å². The number of carbonyl (C=O) groups excluding carboxylic acids is 2. The molecule has 2 atom stereocenters. The highest BCUT2D eigenvalue weighted by atomic mass is 16.5. The highest BCUT2D eigenvalue weighted by Crippen LogP contribution is 2.44. The van der Waals surface area contributed by atoms with Gasteiger partial charge in [0.25, 0.3) is 0 Å². The SMILES string of the molecule is CCC(CNC(=O)CC(NC(=O)OCC1c2ccccc2-c2ccccc21)C1CCCC1)C(=O)O. The second-order valence-corrected chi connectivity index (χ2v) is 9.57. The number of alkyl carbamates (subject to hydrolysis) is 1. The zero-order chi connectivity index (χ0) is 24.8. The maximum atomic E-state index is 12.8. The van der Waals surface area contributed by atoms with Gasteiger partial charge in [0.2, 0.25) is 5.91 Å².